The van der Waals surface area contributed by atoms with E-state index in [0.29, 0.717) is 6.42 Å². The predicted molar refractivity (Wildman–Crippen MR) is 94.6 cm³/mol. The molecule has 4 aliphatic rings. The zero-order chi connectivity index (χ0) is 18.3. The number of carbonyl (C=O) groups excluding carboxylic acids is 1. The molecule has 2 fully saturated rings. The van der Waals surface area contributed by atoms with Gasteiger partial charge in [-0.25, -0.2) is 0 Å². The lowest BCUT2D eigenvalue weighted by molar-refractivity contribution is -0.213. The van der Waals surface area contributed by atoms with E-state index in [4.69, 9.17) is 4.74 Å². The molecule has 2 N–H and O–H groups in total. The molecular formula is C21H28O4. The van der Waals surface area contributed by atoms with Crippen molar-refractivity contribution >= 4 is 5.97 Å². The lowest BCUT2D eigenvalue weighted by Gasteiger charge is -2.60. The van der Waals surface area contributed by atoms with Gasteiger partial charge in [0.25, 0.3) is 0 Å². The van der Waals surface area contributed by atoms with Gasteiger partial charge in [0.15, 0.2) is 6.10 Å². The van der Waals surface area contributed by atoms with E-state index in [2.05, 4.69) is 33.8 Å². The summed E-state index contributed by atoms with van der Waals surface area (Å²) >= 11 is 0. The van der Waals surface area contributed by atoms with Crippen LogP contribution in [-0.4, -0.2) is 22.3 Å². The number of phenolic OH excluding ortho intramolecular Hbond substituents is 1. The Kier molecular flexibility index (Phi) is 3.38. The van der Waals surface area contributed by atoms with Crippen molar-refractivity contribution in [1.29, 1.82) is 0 Å². The van der Waals surface area contributed by atoms with Crippen LogP contribution in [-0.2, 0) is 14.9 Å². The standard InChI is InChI=1S/C21H28O4/c1-10(2)12-9-13-14(15(22)11(12)3)21-8-6-7-20(4,5)18(21)16(23)17(13)25-19(21)24/h9-10,16-18,22-23H,6-8H2,1-5H3. The van der Waals surface area contributed by atoms with Crippen molar-refractivity contribution in [2.75, 3.05) is 0 Å². The number of fused-ring (bicyclic) bond motifs is 1. The van der Waals surface area contributed by atoms with E-state index in [-0.39, 0.29) is 29.0 Å². The van der Waals surface area contributed by atoms with Crippen molar-refractivity contribution < 1.29 is 19.7 Å². The van der Waals surface area contributed by atoms with Gasteiger partial charge in [-0.3, -0.25) is 4.79 Å². The highest BCUT2D eigenvalue weighted by molar-refractivity contribution is 5.89. The topological polar surface area (TPSA) is 66.8 Å². The van der Waals surface area contributed by atoms with Crippen LogP contribution in [0.4, 0.5) is 0 Å². The van der Waals surface area contributed by atoms with Crippen LogP contribution < -0.4 is 0 Å². The molecule has 1 saturated heterocycles. The fourth-order valence-electron chi connectivity index (χ4n) is 5.98. The van der Waals surface area contributed by atoms with E-state index in [9.17, 15) is 15.0 Å². The number of esters is 1. The third-order valence-corrected chi connectivity index (χ3v) is 7.01. The molecule has 1 spiro atoms. The van der Waals surface area contributed by atoms with Gasteiger partial charge in [0.2, 0.25) is 0 Å². The van der Waals surface area contributed by atoms with Crippen LogP contribution >= 0.6 is 0 Å². The van der Waals surface area contributed by atoms with E-state index in [0.717, 1.165) is 35.1 Å². The number of carbonyl (C=O) groups is 1. The normalized spacial score (nSPS) is 35.3. The highest BCUT2D eigenvalue weighted by atomic mass is 16.6. The first-order chi connectivity index (χ1) is 11.6. The Morgan fingerprint density at radius 3 is 2.60 bits per heavy atom. The maximum Gasteiger partial charge on any atom is 0.317 e. The molecule has 0 aromatic heterocycles. The Labute approximate surface area is 149 Å². The smallest absolute Gasteiger partial charge is 0.317 e. The summed E-state index contributed by atoms with van der Waals surface area (Å²) in [5.74, 6) is 0.000753. The van der Waals surface area contributed by atoms with E-state index < -0.39 is 17.6 Å². The van der Waals surface area contributed by atoms with Crippen LogP contribution in [0.2, 0.25) is 0 Å². The molecular weight excluding hydrogens is 316 g/mol. The van der Waals surface area contributed by atoms with Gasteiger partial charge in [0.05, 0.1) is 6.10 Å². The van der Waals surface area contributed by atoms with Crippen molar-refractivity contribution in [3.8, 4) is 5.75 Å². The maximum atomic E-state index is 13.0. The molecule has 1 saturated carbocycles. The average Bonchev–Trinajstić information content (AvgIpc) is 2.51. The number of aromatic hydroxyl groups is 1. The zero-order valence-corrected chi connectivity index (χ0v) is 15.7. The quantitative estimate of drug-likeness (QED) is 0.759. The van der Waals surface area contributed by atoms with Crippen molar-refractivity contribution in [1.82, 2.24) is 0 Å². The third kappa shape index (κ3) is 1.89. The molecule has 2 aliphatic carbocycles. The summed E-state index contributed by atoms with van der Waals surface area (Å²) < 4.78 is 5.71. The molecule has 2 bridgehead atoms. The third-order valence-electron chi connectivity index (χ3n) is 7.01. The number of ether oxygens (including phenoxy) is 1. The number of hydrogen-bond donors (Lipinski definition) is 2. The minimum atomic E-state index is -0.921. The number of aliphatic hydroxyl groups excluding tert-OH is 1. The van der Waals surface area contributed by atoms with E-state index in [1.165, 1.54) is 0 Å². The fraction of sp³-hybridized carbons (Fsp3) is 0.667. The minimum absolute atomic E-state index is 0.176. The largest absolute Gasteiger partial charge is 0.507 e. The van der Waals surface area contributed by atoms with E-state index in [1.54, 1.807) is 0 Å². The number of aliphatic hydroxyl groups is 1. The Morgan fingerprint density at radius 2 is 1.96 bits per heavy atom. The molecule has 2 heterocycles. The first kappa shape index (κ1) is 16.9. The number of phenols is 1. The molecule has 0 radical (unpaired) electrons. The summed E-state index contributed by atoms with van der Waals surface area (Å²) in [5, 5.41) is 22.2. The molecule has 2 aliphatic heterocycles. The lowest BCUT2D eigenvalue weighted by Crippen LogP contribution is -2.65. The number of benzene rings is 1. The summed E-state index contributed by atoms with van der Waals surface area (Å²) in [6.45, 7) is 10.4. The van der Waals surface area contributed by atoms with Crippen LogP contribution in [0.15, 0.2) is 6.07 Å². The van der Waals surface area contributed by atoms with Gasteiger partial charge in [-0.05, 0) is 42.2 Å². The van der Waals surface area contributed by atoms with Crippen molar-refractivity contribution in [3.05, 3.63) is 28.3 Å². The Balaban J connectivity index is 2.06. The molecule has 4 unspecified atom stereocenters. The highest BCUT2D eigenvalue weighted by Gasteiger charge is 2.68. The van der Waals surface area contributed by atoms with Crippen LogP contribution in [0, 0.1) is 18.3 Å². The molecule has 136 valence electrons. The molecule has 4 nitrogen and oxygen atoms in total. The molecule has 0 amide bonds. The van der Waals surface area contributed by atoms with Gasteiger partial charge in [-0.15, -0.1) is 0 Å². The summed E-state index contributed by atoms with van der Waals surface area (Å²) in [6, 6.07) is 2.05. The van der Waals surface area contributed by atoms with E-state index >= 15 is 0 Å². The van der Waals surface area contributed by atoms with Crippen LogP contribution in [0.3, 0.4) is 0 Å². The summed E-state index contributed by atoms with van der Waals surface area (Å²) in [6.07, 6.45) is 1.10. The SMILES string of the molecule is Cc1c(C(C)C)cc2c(c1O)C13CCCC(C)(C)C1C(O)C2OC3=O. The summed E-state index contributed by atoms with van der Waals surface area (Å²) in [4.78, 5) is 13.0. The fourth-order valence-corrected chi connectivity index (χ4v) is 5.98. The molecule has 1 aromatic carbocycles. The monoisotopic (exact) mass is 344 g/mol. The Bertz CT molecular complexity index is 764. The average molecular weight is 344 g/mol. The number of rotatable bonds is 1. The van der Waals surface area contributed by atoms with E-state index in [1.807, 2.05) is 6.92 Å². The zero-order valence-electron chi connectivity index (χ0n) is 15.7. The van der Waals surface area contributed by atoms with Crippen molar-refractivity contribution in [3.63, 3.8) is 0 Å². The maximum absolute atomic E-state index is 13.0. The second-order valence-corrected chi connectivity index (χ2v) is 9.17. The first-order valence-corrected chi connectivity index (χ1v) is 9.39. The van der Waals surface area contributed by atoms with Gasteiger partial charge in [-0.1, -0.05) is 40.2 Å². The predicted octanol–water partition coefficient (Wildman–Crippen LogP) is 3.86. The second-order valence-electron chi connectivity index (χ2n) is 9.17. The van der Waals surface area contributed by atoms with Gasteiger partial charge >= 0.3 is 5.97 Å². The first-order valence-electron chi connectivity index (χ1n) is 9.39. The summed E-state index contributed by atoms with van der Waals surface area (Å²) in [7, 11) is 0. The highest BCUT2D eigenvalue weighted by Crippen LogP contribution is 2.65. The van der Waals surface area contributed by atoms with Gasteiger partial charge in [0.1, 0.15) is 11.2 Å². The van der Waals surface area contributed by atoms with Crippen molar-refractivity contribution in [2.45, 2.75) is 77.4 Å². The Hall–Kier alpha value is -1.55. The molecule has 25 heavy (non-hydrogen) atoms. The number of hydrogen-bond acceptors (Lipinski definition) is 4. The Morgan fingerprint density at radius 1 is 1.28 bits per heavy atom. The van der Waals surface area contributed by atoms with Crippen LogP contribution in [0.5, 0.6) is 5.75 Å². The molecule has 1 aromatic rings. The second kappa shape index (κ2) is 5.00. The van der Waals surface area contributed by atoms with Gasteiger partial charge in [-0.2, -0.15) is 0 Å². The minimum Gasteiger partial charge on any atom is -0.507 e. The molecule has 5 rings (SSSR count). The van der Waals surface area contributed by atoms with Crippen molar-refractivity contribution in [2.24, 2.45) is 11.3 Å². The van der Waals surface area contributed by atoms with Gasteiger partial charge < -0.3 is 14.9 Å². The van der Waals surface area contributed by atoms with Crippen LogP contribution in [0.1, 0.15) is 81.2 Å². The molecule has 4 atom stereocenters. The van der Waals surface area contributed by atoms with Crippen LogP contribution in [0.25, 0.3) is 0 Å². The molecule has 4 heteroatoms. The van der Waals surface area contributed by atoms with Gasteiger partial charge in [0, 0.05) is 17.0 Å². The summed E-state index contributed by atoms with van der Waals surface area (Å²) in [5.41, 5.74) is 2.35. The lowest BCUT2D eigenvalue weighted by atomic mass is 9.46.